The summed E-state index contributed by atoms with van der Waals surface area (Å²) in [4.78, 5) is 29.1. The van der Waals surface area contributed by atoms with E-state index in [9.17, 15) is 18.0 Å². The molecule has 0 aliphatic carbocycles. The number of nitrogens with zero attached hydrogens (tertiary/aromatic N) is 3. The number of hydrogen-bond donors (Lipinski definition) is 1. The van der Waals surface area contributed by atoms with E-state index in [0.717, 1.165) is 5.56 Å². The van der Waals surface area contributed by atoms with Gasteiger partial charge in [0.2, 0.25) is 21.8 Å². The maximum atomic E-state index is 12.6. The number of anilines is 1. The van der Waals surface area contributed by atoms with E-state index >= 15 is 0 Å². The molecule has 1 aliphatic rings. The van der Waals surface area contributed by atoms with E-state index in [4.69, 9.17) is 0 Å². The van der Waals surface area contributed by atoms with Crippen molar-refractivity contribution < 1.29 is 18.0 Å². The van der Waals surface area contributed by atoms with E-state index in [1.54, 1.807) is 26.0 Å². The average Bonchev–Trinajstić information content (AvgIpc) is 2.82. The molecule has 8 nitrogen and oxygen atoms in total. The zero-order valence-electron chi connectivity index (χ0n) is 20.2. The molecule has 184 valence electrons. The number of aryl methyl sites for hydroxylation is 1. The van der Waals surface area contributed by atoms with E-state index in [1.165, 1.54) is 22.0 Å². The zero-order valence-corrected chi connectivity index (χ0v) is 21.0. The van der Waals surface area contributed by atoms with Crippen molar-refractivity contribution in [2.24, 2.45) is 0 Å². The predicted molar refractivity (Wildman–Crippen MR) is 133 cm³/mol. The molecule has 0 atom stereocenters. The fourth-order valence-electron chi connectivity index (χ4n) is 3.97. The highest BCUT2D eigenvalue weighted by Crippen LogP contribution is 2.18. The van der Waals surface area contributed by atoms with Crippen LogP contribution >= 0.6 is 0 Å². The second-order valence-corrected chi connectivity index (χ2v) is 10.4. The van der Waals surface area contributed by atoms with Gasteiger partial charge >= 0.3 is 0 Å². The van der Waals surface area contributed by atoms with Gasteiger partial charge in [0.25, 0.3) is 0 Å². The van der Waals surface area contributed by atoms with Gasteiger partial charge < -0.3 is 10.2 Å². The fourth-order valence-corrected chi connectivity index (χ4v) is 5.43. The van der Waals surface area contributed by atoms with Crippen molar-refractivity contribution in [3.63, 3.8) is 0 Å². The van der Waals surface area contributed by atoms with Crippen LogP contribution in [0, 0.1) is 6.92 Å². The van der Waals surface area contributed by atoms with Crippen LogP contribution in [0.2, 0.25) is 0 Å². The maximum Gasteiger partial charge on any atom is 0.243 e. The molecule has 34 heavy (non-hydrogen) atoms. The Morgan fingerprint density at radius 3 is 2.06 bits per heavy atom. The van der Waals surface area contributed by atoms with E-state index < -0.39 is 10.0 Å². The van der Waals surface area contributed by atoms with Crippen molar-refractivity contribution in [3.05, 3.63) is 59.7 Å². The summed E-state index contributed by atoms with van der Waals surface area (Å²) < 4.78 is 26.6. The van der Waals surface area contributed by atoms with Crippen LogP contribution in [0.4, 0.5) is 5.69 Å². The first kappa shape index (κ1) is 25.9. The number of carbonyl (C=O) groups is 2. The van der Waals surface area contributed by atoms with Crippen LogP contribution in [0.15, 0.2) is 53.4 Å². The van der Waals surface area contributed by atoms with Crippen LogP contribution < -0.4 is 5.32 Å². The minimum absolute atomic E-state index is 0.104. The molecule has 0 bridgehead atoms. The molecule has 1 saturated heterocycles. The third-order valence-electron chi connectivity index (χ3n) is 6.05. The highest BCUT2D eigenvalue weighted by Gasteiger charge is 2.23. The molecule has 3 rings (SSSR count). The Hall–Kier alpha value is -2.75. The molecule has 2 aromatic carbocycles. The Morgan fingerprint density at radius 1 is 0.912 bits per heavy atom. The largest absolute Gasteiger partial charge is 0.340 e. The second kappa shape index (κ2) is 11.6. The van der Waals surface area contributed by atoms with Gasteiger partial charge in [-0.2, -0.15) is 4.31 Å². The Bertz CT molecular complexity index is 1070. The van der Waals surface area contributed by atoms with E-state index in [-0.39, 0.29) is 23.3 Å². The highest BCUT2D eigenvalue weighted by atomic mass is 32.2. The van der Waals surface area contributed by atoms with Crippen molar-refractivity contribution in [1.29, 1.82) is 0 Å². The molecule has 2 aromatic rings. The maximum absolute atomic E-state index is 12.6. The number of rotatable bonds is 9. The van der Waals surface area contributed by atoms with Crippen LogP contribution in [0.1, 0.15) is 25.0 Å². The third-order valence-corrected chi connectivity index (χ3v) is 8.11. The summed E-state index contributed by atoms with van der Waals surface area (Å²) in [5.74, 6) is -0.0634. The van der Waals surface area contributed by atoms with E-state index in [2.05, 4.69) is 5.32 Å². The number of piperazine rings is 1. The minimum Gasteiger partial charge on any atom is -0.340 e. The Balaban J connectivity index is 1.46. The van der Waals surface area contributed by atoms with Crippen LogP contribution in [-0.4, -0.2) is 80.2 Å². The van der Waals surface area contributed by atoms with Gasteiger partial charge in [0.1, 0.15) is 0 Å². The fraction of sp³-hybridized carbons (Fsp3) is 0.440. The van der Waals surface area contributed by atoms with Crippen LogP contribution in [0.5, 0.6) is 0 Å². The number of carbonyl (C=O) groups excluding carboxylic acids is 2. The number of benzene rings is 2. The number of sulfonamides is 1. The lowest BCUT2D eigenvalue weighted by Crippen LogP contribution is -2.50. The van der Waals surface area contributed by atoms with Gasteiger partial charge in [-0.1, -0.05) is 43.7 Å². The molecule has 2 amide bonds. The first-order valence-electron chi connectivity index (χ1n) is 11.7. The van der Waals surface area contributed by atoms with Crippen molar-refractivity contribution in [2.75, 3.05) is 51.1 Å². The van der Waals surface area contributed by atoms with Gasteiger partial charge in [0.15, 0.2) is 0 Å². The standard InChI is InChI=1S/C25H34N4O4S/c1-4-29(5-2)34(32,33)23-12-10-22(11-13-23)26-24(30)19-27-14-16-28(17-15-27)25(31)18-21-8-6-20(3)7-9-21/h6-13H,4-5,14-19H2,1-3H3,(H,26,30). The van der Waals surface area contributed by atoms with Gasteiger partial charge in [-0.05, 0) is 36.8 Å². The lowest BCUT2D eigenvalue weighted by molar-refractivity contribution is -0.132. The highest BCUT2D eigenvalue weighted by molar-refractivity contribution is 7.89. The number of nitrogens with one attached hydrogen (secondary N) is 1. The van der Waals surface area contributed by atoms with Crippen molar-refractivity contribution >= 4 is 27.5 Å². The van der Waals surface area contributed by atoms with Crippen LogP contribution in [0.3, 0.4) is 0 Å². The molecule has 1 heterocycles. The number of amides is 2. The number of hydrogen-bond acceptors (Lipinski definition) is 5. The molecule has 0 aromatic heterocycles. The Kier molecular flexibility index (Phi) is 8.82. The zero-order chi connectivity index (χ0) is 24.7. The molecule has 1 aliphatic heterocycles. The molecule has 0 radical (unpaired) electrons. The van der Waals surface area contributed by atoms with Crippen LogP contribution in [0.25, 0.3) is 0 Å². The minimum atomic E-state index is -3.52. The summed E-state index contributed by atoms with van der Waals surface area (Å²) in [5, 5.41) is 2.83. The first-order valence-corrected chi connectivity index (χ1v) is 13.1. The van der Waals surface area contributed by atoms with Gasteiger partial charge in [0, 0.05) is 45.0 Å². The molecular weight excluding hydrogens is 452 g/mol. The Labute approximate surface area is 202 Å². The molecule has 0 spiro atoms. The molecule has 9 heteroatoms. The molecule has 0 unspecified atom stereocenters. The molecule has 1 fully saturated rings. The quantitative estimate of drug-likeness (QED) is 0.588. The Morgan fingerprint density at radius 2 is 1.50 bits per heavy atom. The normalized spacial score (nSPS) is 14.9. The third kappa shape index (κ3) is 6.65. The second-order valence-electron chi connectivity index (χ2n) is 8.48. The summed E-state index contributed by atoms with van der Waals surface area (Å²) in [5.41, 5.74) is 2.73. The SMILES string of the molecule is CCN(CC)S(=O)(=O)c1ccc(NC(=O)CN2CCN(C(=O)Cc3ccc(C)cc3)CC2)cc1. The average molecular weight is 487 g/mol. The van der Waals surface area contributed by atoms with Crippen molar-refractivity contribution in [2.45, 2.75) is 32.1 Å². The van der Waals surface area contributed by atoms with E-state index in [0.29, 0.717) is 51.4 Å². The van der Waals surface area contributed by atoms with E-state index in [1.807, 2.05) is 41.0 Å². The monoisotopic (exact) mass is 486 g/mol. The summed E-state index contributed by atoms with van der Waals surface area (Å²) >= 11 is 0. The van der Waals surface area contributed by atoms with Crippen LogP contribution in [-0.2, 0) is 26.0 Å². The summed E-state index contributed by atoms with van der Waals surface area (Å²) in [6.07, 6.45) is 0.390. The lowest BCUT2D eigenvalue weighted by atomic mass is 10.1. The topological polar surface area (TPSA) is 90.0 Å². The summed E-state index contributed by atoms with van der Waals surface area (Å²) in [6, 6.07) is 14.2. The van der Waals surface area contributed by atoms with Gasteiger partial charge in [0.05, 0.1) is 17.9 Å². The predicted octanol–water partition coefficient (Wildman–Crippen LogP) is 2.35. The van der Waals surface area contributed by atoms with Crippen molar-refractivity contribution in [3.8, 4) is 0 Å². The summed E-state index contributed by atoms with van der Waals surface area (Å²) in [6.45, 7) is 9.11. The molecular formula is C25H34N4O4S. The van der Waals surface area contributed by atoms with Gasteiger partial charge in [-0.25, -0.2) is 8.42 Å². The van der Waals surface area contributed by atoms with Crippen molar-refractivity contribution in [1.82, 2.24) is 14.1 Å². The smallest absolute Gasteiger partial charge is 0.243 e. The van der Waals surface area contributed by atoms with Gasteiger partial charge in [-0.15, -0.1) is 0 Å². The molecule has 1 N–H and O–H groups in total. The summed E-state index contributed by atoms with van der Waals surface area (Å²) in [7, 11) is -3.52. The molecule has 0 saturated carbocycles. The first-order chi connectivity index (χ1) is 16.2. The lowest BCUT2D eigenvalue weighted by Gasteiger charge is -2.34. The van der Waals surface area contributed by atoms with Gasteiger partial charge in [-0.3, -0.25) is 14.5 Å².